The van der Waals surface area contributed by atoms with Crippen molar-refractivity contribution in [3.8, 4) is 39.1 Å². The third-order valence-electron chi connectivity index (χ3n) is 9.79. The SMILES string of the molecule is Cc1cc(C)cc(-c2cccc3c4ccccc4n(-c4cccc5c4C(=O)N(c4cccc(-c6ccccc6)c4-c4ccccc4)C5=O)c23)c1. The minimum Gasteiger partial charge on any atom is -0.308 e. The van der Waals surface area contributed by atoms with Crippen molar-refractivity contribution >= 4 is 39.3 Å². The molecule has 4 nitrogen and oxygen atoms in total. The number of amides is 2. The van der Waals surface area contributed by atoms with Gasteiger partial charge in [0.15, 0.2) is 0 Å². The van der Waals surface area contributed by atoms with Crippen LogP contribution in [-0.4, -0.2) is 16.4 Å². The standard InChI is InChI=1S/C46H32N2O2/c1-29-26-30(2)28-33(27-29)35-20-11-21-37-36-18-9-10-23-39(36)47(44(35)37)41-25-13-22-38-43(41)46(50)48(45(38)49)40-24-12-19-34(31-14-5-3-6-15-31)42(40)32-16-7-4-8-17-32/h3-28H,1-2H3. The van der Waals surface area contributed by atoms with Gasteiger partial charge in [0, 0.05) is 21.9 Å². The first-order valence-electron chi connectivity index (χ1n) is 16.9. The van der Waals surface area contributed by atoms with E-state index in [-0.39, 0.29) is 11.8 Å². The summed E-state index contributed by atoms with van der Waals surface area (Å²) in [4.78, 5) is 30.9. The number of hydrogen-bond donors (Lipinski definition) is 0. The average Bonchev–Trinajstić information content (AvgIpc) is 3.62. The fraction of sp³-hybridized carbons (Fsp3) is 0.0435. The number of aryl methyl sites for hydroxylation is 2. The van der Waals surface area contributed by atoms with E-state index in [1.807, 2.05) is 84.9 Å². The van der Waals surface area contributed by atoms with E-state index < -0.39 is 0 Å². The number of fused-ring (bicyclic) bond motifs is 4. The van der Waals surface area contributed by atoms with Gasteiger partial charge < -0.3 is 4.57 Å². The molecule has 7 aromatic carbocycles. The van der Waals surface area contributed by atoms with Crippen LogP contribution in [0.3, 0.4) is 0 Å². The lowest BCUT2D eigenvalue weighted by Crippen LogP contribution is -2.30. The van der Waals surface area contributed by atoms with E-state index in [1.165, 1.54) is 16.0 Å². The first-order valence-corrected chi connectivity index (χ1v) is 16.9. The Hall–Kier alpha value is -6.52. The van der Waals surface area contributed by atoms with E-state index in [2.05, 4.69) is 85.1 Å². The van der Waals surface area contributed by atoms with Crippen LogP contribution in [0.2, 0.25) is 0 Å². The molecule has 4 heteroatoms. The molecule has 0 saturated carbocycles. The molecule has 0 N–H and O–H groups in total. The maximum atomic E-state index is 15.0. The second-order valence-electron chi connectivity index (χ2n) is 13.0. The Morgan fingerprint density at radius 1 is 0.420 bits per heavy atom. The summed E-state index contributed by atoms with van der Waals surface area (Å²) in [5.74, 6) is -0.664. The van der Waals surface area contributed by atoms with Gasteiger partial charge in [-0.15, -0.1) is 0 Å². The summed E-state index contributed by atoms with van der Waals surface area (Å²) in [5, 5.41) is 2.17. The second kappa shape index (κ2) is 11.6. The summed E-state index contributed by atoms with van der Waals surface area (Å²) in [5.41, 5.74) is 12.3. The largest absolute Gasteiger partial charge is 0.308 e. The second-order valence-corrected chi connectivity index (χ2v) is 13.0. The predicted molar refractivity (Wildman–Crippen MR) is 204 cm³/mol. The van der Waals surface area contributed by atoms with Crippen molar-refractivity contribution in [3.05, 3.63) is 180 Å². The number of carbonyl (C=O) groups is 2. The molecule has 0 fully saturated rings. The van der Waals surface area contributed by atoms with Crippen molar-refractivity contribution in [3.63, 3.8) is 0 Å². The van der Waals surface area contributed by atoms with Crippen molar-refractivity contribution in [2.45, 2.75) is 13.8 Å². The van der Waals surface area contributed by atoms with Crippen LogP contribution in [0, 0.1) is 13.8 Å². The molecule has 8 aromatic rings. The Kier molecular flexibility index (Phi) is 6.85. The summed E-state index contributed by atoms with van der Waals surface area (Å²) < 4.78 is 2.18. The molecule has 0 bridgehead atoms. The molecule has 238 valence electrons. The average molecular weight is 645 g/mol. The van der Waals surface area contributed by atoms with Gasteiger partial charge in [0.1, 0.15) is 0 Å². The lowest BCUT2D eigenvalue weighted by atomic mass is 9.92. The highest BCUT2D eigenvalue weighted by atomic mass is 16.2. The number of imide groups is 1. The van der Waals surface area contributed by atoms with Crippen molar-refractivity contribution in [2.24, 2.45) is 0 Å². The summed E-state index contributed by atoms with van der Waals surface area (Å²) >= 11 is 0. The molecule has 2 amide bonds. The van der Waals surface area contributed by atoms with Gasteiger partial charge in [-0.05, 0) is 60.4 Å². The van der Waals surface area contributed by atoms with E-state index in [9.17, 15) is 9.59 Å². The number of rotatable bonds is 5. The highest BCUT2D eigenvalue weighted by molar-refractivity contribution is 6.37. The molecule has 9 rings (SSSR count). The Bertz CT molecular complexity index is 2630. The van der Waals surface area contributed by atoms with Gasteiger partial charge in [-0.2, -0.15) is 0 Å². The van der Waals surface area contributed by atoms with E-state index in [0.29, 0.717) is 22.5 Å². The summed E-state index contributed by atoms with van der Waals surface area (Å²) in [6, 6.07) is 52.9. The minimum absolute atomic E-state index is 0.329. The van der Waals surface area contributed by atoms with Gasteiger partial charge in [-0.1, -0.05) is 145 Å². The number of anilines is 1. The number of aromatic nitrogens is 1. The van der Waals surface area contributed by atoms with Crippen LogP contribution in [-0.2, 0) is 0 Å². The van der Waals surface area contributed by atoms with Crippen molar-refractivity contribution in [2.75, 3.05) is 4.90 Å². The third-order valence-corrected chi connectivity index (χ3v) is 9.79. The number of carbonyl (C=O) groups excluding carboxylic acids is 2. The fourth-order valence-corrected chi connectivity index (χ4v) is 7.80. The van der Waals surface area contributed by atoms with E-state index in [0.717, 1.165) is 55.2 Å². The van der Waals surface area contributed by atoms with Crippen molar-refractivity contribution in [1.82, 2.24) is 4.57 Å². The zero-order valence-electron chi connectivity index (χ0n) is 27.7. The summed E-state index contributed by atoms with van der Waals surface area (Å²) in [6.45, 7) is 4.23. The molecule has 0 unspecified atom stereocenters. The van der Waals surface area contributed by atoms with Crippen LogP contribution in [0.1, 0.15) is 31.8 Å². The monoisotopic (exact) mass is 644 g/mol. The topological polar surface area (TPSA) is 42.3 Å². The highest BCUT2D eigenvalue weighted by Crippen LogP contribution is 2.45. The molecule has 1 aliphatic heterocycles. The number of para-hydroxylation sites is 2. The Balaban J connectivity index is 1.30. The molecule has 0 aliphatic carbocycles. The maximum Gasteiger partial charge on any atom is 0.268 e. The fourth-order valence-electron chi connectivity index (χ4n) is 7.80. The zero-order valence-corrected chi connectivity index (χ0v) is 27.7. The highest BCUT2D eigenvalue weighted by Gasteiger charge is 2.41. The molecule has 1 aliphatic rings. The normalized spacial score (nSPS) is 12.6. The lowest BCUT2D eigenvalue weighted by Gasteiger charge is -2.22. The van der Waals surface area contributed by atoms with Crippen LogP contribution < -0.4 is 4.90 Å². The minimum atomic E-state index is -0.335. The first kappa shape index (κ1) is 29.6. The van der Waals surface area contributed by atoms with Gasteiger partial charge in [0.25, 0.3) is 11.8 Å². The maximum absolute atomic E-state index is 15.0. The van der Waals surface area contributed by atoms with E-state index >= 15 is 0 Å². The molecular formula is C46H32N2O2. The van der Waals surface area contributed by atoms with Crippen molar-refractivity contribution < 1.29 is 9.59 Å². The van der Waals surface area contributed by atoms with Gasteiger partial charge in [0.2, 0.25) is 0 Å². The van der Waals surface area contributed by atoms with Crippen molar-refractivity contribution in [1.29, 1.82) is 0 Å². The first-order chi connectivity index (χ1) is 24.5. The molecule has 0 atom stereocenters. The third kappa shape index (κ3) is 4.53. The summed E-state index contributed by atoms with van der Waals surface area (Å²) in [6.07, 6.45) is 0. The Morgan fingerprint density at radius 3 is 1.74 bits per heavy atom. The number of nitrogens with zero attached hydrogens (tertiary/aromatic N) is 2. The van der Waals surface area contributed by atoms with Crippen LogP contribution in [0.4, 0.5) is 5.69 Å². The molecule has 0 radical (unpaired) electrons. The molecule has 50 heavy (non-hydrogen) atoms. The number of hydrogen-bond acceptors (Lipinski definition) is 2. The molecule has 2 heterocycles. The van der Waals surface area contributed by atoms with E-state index in [4.69, 9.17) is 0 Å². The van der Waals surface area contributed by atoms with E-state index in [1.54, 1.807) is 6.07 Å². The quantitative estimate of drug-likeness (QED) is 0.175. The van der Waals surface area contributed by atoms with Crippen LogP contribution in [0.5, 0.6) is 0 Å². The Labute approximate surface area is 290 Å². The lowest BCUT2D eigenvalue weighted by molar-refractivity contribution is 0.0926. The molecule has 1 aromatic heterocycles. The Morgan fingerprint density at radius 2 is 1.00 bits per heavy atom. The van der Waals surface area contributed by atoms with Gasteiger partial charge in [-0.25, -0.2) is 4.90 Å². The number of benzene rings is 7. The predicted octanol–water partition coefficient (Wildman–Crippen LogP) is 11.2. The smallest absolute Gasteiger partial charge is 0.268 e. The molecule has 0 spiro atoms. The molecular weight excluding hydrogens is 613 g/mol. The van der Waals surface area contributed by atoms with Gasteiger partial charge in [-0.3, -0.25) is 9.59 Å². The molecule has 0 saturated heterocycles. The van der Waals surface area contributed by atoms with Gasteiger partial charge >= 0.3 is 0 Å². The van der Waals surface area contributed by atoms with Gasteiger partial charge in [0.05, 0.1) is 33.5 Å². The van der Waals surface area contributed by atoms with Crippen LogP contribution in [0.15, 0.2) is 158 Å². The summed E-state index contributed by atoms with van der Waals surface area (Å²) in [7, 11) is 0. The van der Waals surface area contributed by atoms with Crippen LogP contribution in [0.25, 0.3) is 60.9 Å². The van der Waals surface area contributed by atoms with Crippen LogP contribution >= 0.6 is 0 Å². The zero-order chi connectivity index (χ0) is 33.9.